The van der Waals surface area contributed by atoms with Crippen molar-refractivity contribution in [3.05, 3.63) is 60.8 Å². The Labute approximate surface area is 139 Å². The first-order chi connectivity index (χ1) is 10.5. The van der Waals surface area contributed by atoms with Gasteiger partial charge in [-0.15, -0.1) is 11.8 Å². The fourth-order valence-corrected chi connectivity index (χ4v) is 3.17. The van der Waals surface area contributed by atoms with Gasteiger partial charge in [-0.05, 0) is 17.7 Å². The van der Waals surface area contributed by atoms with Crippen molar-refractivity contribution < 1.29 is 4.79 Å². The van der Waals surface area contributed by atoms with Crippen LogP contribution in [0, 0.1) is 0 Å². The molecule has 22 heavy (non-hydrogen) atoms. The molecule has 1 aromatic carbocycles. The molecule has 0 atom stereocenters. The summed E-state index contributed by atoms with van der Waals surface area (Å²) in [5.74, 6) is 0.208. The van der Waals surface area contributed by atoms with E-state index in [2.05, 4.69) is 10.3 Å². The van der Waals surface area contributed by atoms with E-state index in [4.69, 9.17) is 23.2 Å². The van der Waals surface area contributed by atoms with E-state index in [1.807, 2.05) is 4.98 Å². The lowest BCUT2D eigenvalue weighted by Gasteiger charge is -2.07. The summed E-state index contributed by atoms with van der Waals surface area (Å²) in [5.41, 5.74) is -0.548. The highest BCUT2D eigenvalue weighted by Crippen LogP contribution is 2.28. The first kappa shape index (κ1) is 16.7. The van der Waals surface area contributed by atoms with E-state index in [1.165, 1.54) is 11.8 Å². The molecule has 0 fully saturated rings. The number of amides is 1. The van der Waals surface area contributed by atoms with E-state index in [-0.39, 0.29) is 17.3 Å². The Morgan fingerprint density at radius 3 is 2.55 bits per heavy atom. The van der Waals surface area contributed by atoms with Crippen LogP contribution in [0.5, 0.6) is 0 Å². The maximum absolute atomic E-state index is 11.8. The molecule has 0 aliphatic carbocycles. The average Bonchev–Trinajstić information content (AvgIpc) is 2.45. The zero-order chi connectivity index (χ0) is 16.1. The Morgan fingerprint density at radius 2 is 1.91 bits per heavy atom. The molecule has 1 aromatic heterocycles. The summed E-state index contributed by atoms with van der Waals surface area (Å²) in [6, 6.07) is 5.19. The van der Waals surface area contributed by atoms with Crippen molar-refractivity contribution in [2.45, 2.75) is 5.75 Å². The summed E-state index contributed by atoms with van der Waals surface area (Å²) in [7, 11) is 0. The topological polar surface area (TPSA) is 94.8 Å². The highest BCUT2D eigenvalue weighted by Gasteiger charge is 2.09. The monoisotopic (exact) mass is 359 g/mol. The zero-order valence-electron chi connectivity index (χ0n) is 11.1. The predicted molar refractivity (Wildman–Crippen MR) is 88.9 cm³/mol. The minimum absolute atomic E-state index is 0.0130. The quantitative estimate of drug-likeness (QED) is 0.762. The smallest absolute Gasteiger partial charge is 0.320 e. The largest absolute Gasteiger partial charge is 0.325 e. The van der Waals surface area contributed by atoms with Gasteiger partial charge in [0.05, 0.1) is 5.75 Å². The molecule has 1 heterocycles. The third kappa shape index (κ3) is 4.40. The number of aromatic nitrogens is 2. The van der Waals surface area contributed by atoms with E-state index < -0.39 is 11.2 Å². The van der Waals surface area contributed by atoms with Gasteiger partial charge in [0, 0.05) is 22.0 Å². The Hall–Kier alpha value is -1.70. The number of nitrogens with one attached hydrogen (secondary N) is 3. The highest BCUT2D eigenvalue weighted by atomic mass is 35.5. The van der Waals surface area contributed by atoms with Gasteiger partial charge in [0.1, 0.15) is 5.69 Å². The minimum atomic E-state index is -0.656. The van der Waals surface area contributed by atoms with Crippen molar-refractivity contribution in [1.29, 1.82) is 0 Å². The number of hydrogen-bond donors (Lipinski definition) is 3. The molecule has 0 aliphatic heterocycles. The average molecular weight is 360 g/mol. The van der Waals surface area contributed by atoms with Gasteiger partial charge in [-0.25, -0.2) is 4.79 Å². The SMILES string of the molecule is O=C(CSCc1c(Cl)cccc1Cl)Nc1c[nH]c(=O)[nH]c1=O. The number of aromatic amines is 2. The van der Waals surface area contributed by atoms with Gasteiger partial charge in [-0.3, -0.25) is 14.6 Å². The second-order valence-corrected chi connectivity index (χ2v) is 6.03. The van der Waals surface area contributed by atoms with Gasteiger partial charge >= 0.3 is 5.69 Å². The number of carbonyl (C=O) groups is 1. The highest BCUT2D eigenvalue weighted by molar-refractivity contribution is 7.99. The zero-order valence-corrected chi connectivity index (χ0v) is 13.4. The van der Waals surface area contributed by atoms with Crippen LogP contribution in [0.15, 0.2) is 34.0 Å². The van der Waals surface area contributed by atoms with Gasteiger partial charge in [-0.2, -0.15) is 0 Å². The van der Waals surface area contributed by atoms with Gasteiger partial charge in [0.25, 0.3) is 5.56 Å². The summed E-state index contributed by atoms with van der Waals surface area (Å²) < 4.78 is 0. The molecular weight excluding hydrogens is 349 g/mol. The van der Waals surface area contributed by atoms with Crippen LogP contribution in [0.3, 0.4) is 0 Å². The molecule has 1 amide bonds. The lowest BCUT2D eigenvalue weighted by molar-refractivity contribution is -0.113. The van der Waals surface area contributed by atoms with Gasteiger partial charge < -0.3 is 10.3 Å². The molecule has 0 bridgehead atoms. The van der Waals surface area contributed by atoms with E-state index in [0.29, 0.717) is 15.8 Å². The normalized spacial score (nSPS) is 10.5. The van der Waals surface area contributed by atoms with Crippen molar-refractivity contribution >= 4 is 46.6 Å². The number of halogens is 2. The molecule has 0 spiro atoms. The minimum Gasteiger partial charge on any atom is -0.320 e. The van der Waals surface area contributed by atoms with Crippen molar-refractivity contribution in [2.24, 2.45) is 0 Å². The molecule has 0 unspecified atom stereocenters. The fourth-order valence-electron chi connectivity index (χ4n) is 1.60. The molecular formula is C13H11Cl2N3O3S. The molecule has 0 saturated carbocycles. The third-order valence-electron chi connectivity index (χ3n) is 2.63. The van der Waals surface area contributed by atoms with Crippen LogP contribution in [0.25, 0.3) is 0 Å². The fraction of sp³-hybridized carbons (Fsp3) is 0.154. The van der Waals surface area contributed by atoms with Crippen molar-refractivity contribution in [3.63, 3.8) is 0 Å². The summed E-state index contributed by atoms with van der Waals surface area (Å²) in [4.78, 5) is 38.4. The van der Waals surface area contributed by atoms with Crippen LogP contribution >= 0.6 is 35.0 Å². The molecule has 0 saturated heterocycles. The van der Waals surface area contributed by atoms with Crippen molar-refractivity contribution in [3.8, 4) is 0 Å². The predicted octanol–water partition coefficient (Wildman–Crippen LogP) is 2.24. The Morgan fingerprint density at radius 1 is 1.23 bits per heavy atom. The summed E-state index contributed by atoms with van der Waals surface area (Å²) >= 11 is 13.4. The summed E-state index contributed by atoms with van der Waals surface area (Å²) in [6.45, 7) is 0. The second-order valence-electron chi connectivity index (χ2n) is 4.23. The van der Waals surface area contributed by atoms with Crippen LogP contribution < -0.4 is 16.6 Å². The summed E-state index contributed by atoms with van der Waals surface area (Å²) in [5, 5.41) is 3.49. The number of carbonyl (C=O) groups excluding carboxylic acids is 1. The molecule has 2 aromatic rings. The number of H-pyrrole nitrogens is 2. The lowest BCUT2D eigenvalue weighted by atomic mass is 10.2. The van der Waals surface area contributed by atoms with Gasteiger partial charge in [0.15, 0.2) is 0 Å². The molecule has 6 nitrogen and oxygen atoms in total. The summed E-state index contributed by atoms with van der Waals surface area (Å²) in [6.07, 6.45) is 1.15. The van der Waals surface area contributed by atoms with E-state index >= 15 is 0 Å². The van der Waals surface area contributed by atoms with Crippen LogP contribution in [-0.2, 0) is 10.5 Å². The third-order valence-corrected chi connectivity index (χ3v) is 4.30. The maximum atomic E-state index is 11.8. The second kappa shape index (κ2) is 7.53. The first-order valence-electron chi connectivity index (χ1n) is 6.10. The molecule has 0 radical (unpaired) electrons. The Kier molecular flexibility index (Phi) is 5.70. The lowest BCUT2D eigenvalue weighted by Crippen LogP contribution is -2.27. The molecule has 116 valence electrons. The molecule has 2 rings (SSSR count). The van der Waals surface area contributed by atoms with Crippen molar-refractivity contribution in [2.75, 3.05) is 11.1 Å². The van der Waals surface area contributed by atoms with Gasteiger partial charge in [0.2, 0.25) is 5.91 Å². The standard InChI is InChI=1S/C13H11Cl2N3O3S/c14-8-2-1-3-9(15)7(8)5-22-6-11(19)17-10-4-16-13(21)18-12(10)20/h1-4H,5-6H2,(H,17,19)(H2,16,18,20,21). The number of anilines is 1. The Balaban J connectivity index is 1.91. The molecule has 3 N–H and O–H groups in total. The van der Waals surface area contributed by atoms with Crippen LogP contribution in [0.4, 0.5) is 5.69 Å². The van der Waals surface area contributed by atoms with E-state index in [0.717, 1.165) is 11.8 Å². The Bertz CT molecular complexity index is 783. The van der Waals surface area contributed by atoms with E-state index in [1.54, 1.807) is 18.2 Å². The van der Waals surface area contributed by atoms with Crippen LogP contribution in [-0.4, -0.2) is 21.6 Å². The number of thioether (sulfide) groups is 1. The van der Waals surface area contributed by atoms with Crippen molar-refractivity contribution in [1.82, 2.24) is 9.97 Å². The first-order valence-corrected chi connectivity index (χ1v) is 8.01. The molecule has 0 aliphatic rings. The van der Waals surface area contributed by atoms with Crippen LogP contribution in [0.2, 0.25) is 10.0 Å². The van der Waals surface area contributed by atoms with Crippen LogP contribution in [0.1, 0.15) is 5.56 Å². The number of benzene rings is 1. The molecule has 9 heteroatoms. The van der Waals surface area contributed by atoms with Gasteiger partial charge in [-0.1, -0.05) is 29.3 Å². The number of rotatable bonds is 5. The maximum Gasteiger partial charge on any atom is 0.325 e. The van der Waals surface area contributed by atoms with E-state index in [9.17, 15) is 14.4 Å². The number of hydrogen-bond acceptors (Lipinski definition) is 4.